The molecule has 0 atom stereocenters. The third-order valence-corrected chi connectivity index (χ3v) is 2.97. The maximum absolute atomic E-state index is 12.6. The van der Waals surface area contributed by atoms with E-state index in [0.717, 1.165) is 12.1 Å². The van der Waals surface area contributed by atoms with Crippen LogP contribution < -0.4 is 0 Å². The van der Waals surface area contributed by atoms with Crippen molar-refractivity contribution in [3.63, 3.8) is 0 Å². The van der Waals surface area contributed by atoms with Crippen LogP contribution in [-0.4, -0.2) is 10.2 Å². The summed E-state index contributed by atoms with van der Waals surface area (Å²) in [5.74, 6) is -0.0512. The molecular weight excluding hydrogens is 283 g/mol. The molecule has 98 valence electrons. The van der Waals surface area contributed by atoms with E-state index in [1.54, 1.807) is 0 Å². The number of rotatable bonds is 1. The summed E-state index contributed by atoms with van der Waals surface area (Å²) in [6.07, 6.45) is -4.41. The van der Waals surface area contributed by atoms with E-state index in [4.69, 9.17) is 16.0 Å². The first kappa shape index (κ1) is 12.1. The molecular formula is C12H5ClF3NO2. The number of H-pyrrole nitrogens is 1. The van der Waals surface area contributed by atoms with Gasteiger partial charge >= 0.3 is 6.18 Å². The van der Waals surface area contributed by atoms with E-state index in [1.165, 1.54) is 12.1 Å². The summed E-state index contributed by atoms with van der Waals surface area (Å²) in [5.41, 5.74) is 0.278. The van der Waals surface area contributed by atoms with Crippen molar-refractivity contribution in [3.8, 4) is 0 Å². The van der Waals surface area contributed by atoms with Crippen LogP contribution >= 0.6 is 11.6 Å². The molecule has 0 aliphatic rings. The SMILES string of the molecule is O=C(Cl)c1cc2[nH]c3cc(C(F)(F)F)ccc3c2o1. The number of alkyl halides is 3. The summed E-state index contributed by atoms with van der Waals surface area (Å²) in [5, 5.41) is -0.295. The molecule has 0 saturated heterocycles. The van der Waals surface area contributed by atoms with Crippen LogP contribution in [0, 0.1) is 0 Å². The van der Waals surface area contributed by atoms with Crippen LogP contribution in [0.3, 0.4) is 0 Å². The summed E-state index contributed by atoms with van der Waals surface area (Å²) >= 11 is 5.27. The Hall–Kier alpha value is -1.95. The Balaban J connectivity index is 2.25. The van der Waals surface area contributed by atoms with E-state index in [0.29, 0.717) is 16.5 Å². The van der Waals surface area contributed by atoms with Gasteiger partial charge in [0, 0.05) is 11.5 Å². The molecule has 0 saturated carbocycles. The largest absolute Gasteiger partial charge is 0.449 e. The molecule has 0 bridgehead atoms. The molecule has 1 aromatic carbocycles. The van der Waals surface area contributed by atoms with E-state index in [2.05, 4.69) is 4.98 Å². The van der Waals surface area contributed by atoms with Crippen LogP contribution in [0.5, 0.6) is 0 Å². The summed E-state index contributed by atoms with van der Waals surface area (Å²) in [4.78, 5) is 13.7. The highest BCUT2D eigenvalue weighted by molar-refractivity contribution is 6.67. The van der Waals surface area contributed by atoms with Crippen molar-refractivity contribution in [1.29, 1.82) is 0 Å². The lowest BCUT2D eigenvalue weighted by molar-refractivity contribution is -0.137. The second kappa shape index (κ2) is 3.77. The molecule has 0 radical (unpaired) electrons. The van der Waals surface area contributed by atoms with E-state index in [-0.39, 0.29) is 11.3 Å². The smallest absolute Gasteiger partial charge is 0.416 e. The summed E-state index contributed by atoms with van der Waals surface area (Å²) in [6.45, 7) is 0. The lowest BCUT2D eigenvalue weighted by Gasteiger charge is -2.05. The minimum Gasteiger partial charge on any atom is -0.449 e. The lowest BCUT2D eigenvalue weighted by atomic mass is 10.1. The van der Waals surface area contributed by atoms with E-state index in [1.807, 2.05) is 0 Å². The number of furan rings is 1. The summed E-state index contributed by atoms with van der Waals surface area (Å²) in [7, 11) is 0. The Morgan fingerprint density at radius 1 is 1.21 bits per heavy atom. The first-order valence-electron chi connectivity index (χ1n) is 5.18. The van der Waals surface area contributed by atoms with Crippen molar-refractivity contribution < 1.29 is 22.4 Å². The number of hydrogen-bond acceptors (Lipinski definition) is 2. The molecule has 3 nitrogen and oxygen atoms in total. The van der Waals surface area contributed by atoms with Crippen LogP contribution in [0.4, 0.5) is 13.2 Å². The molecule has 0 unspecified atom stereocenters. The van der Waals surface area contributed by atoms with Gasteiger partial charge in [0.05, 0.1) is 16.6 Å². The van der Waals surface area contributed by atoms with Gasteiger partial charge < -0.3 is 9.40 Å². The van der Waals surface area contributed by atoms with Gasteiger partial charge in [0.25, 0.3) is 5.24 Å². The second-order valence-corrected chi connectivity index (χ2v) is 4.35. The van der Waals surface area contributed by atoms with E-state index < -0.39 is 17.0 Å². The zero-order valence-electron chi connectivity index (χ0n) is 9.14. The minimum absolute atomic E-state index is 0.0512. The summed E-state index contributed by atoms with van der Waals surface area (Å²) in [6, 6.07) is 4.61. The Morgan fingerprint density at radius 3 is 2.58 bits per heavy atom. The Bertz CT molecular complexity index is 800. The zero-order chi connectivity index (χ0) is 13.8. The number of hydrogen-bond donors (Lipinski definition) is 1. The van der Waals surface area contributed by atoms with Crippen LogP contribution in [0.2, 0.25) is 0 Å². The molecule has 0 aliphatic heterocycles. The second-order valence-electron chi connectivity index (χ2n) is 4.01. The Labute approximate surface area is 108 Å². The van der Waals surface area contributed by atoms with Gasteiger partial charge in [-0.3, -0.25) is 4.79 Å². The number of carbonyl (C=O) groups is 1. The lowest BCUT2D eigenvalue weighted by Crippen LogP contribution is -2.03. The molecule has 3 aromatic rings. The highest BCUT2D eigenvalue weighted by Gasteiger charge is 2.31. The zero-order valence-corrected chi connectivity index (χ0v) is 9.89. The molecule has 0 amide bonds. The van der Waals surface area contributed by atoms with Crippen molar-refractivity contribution >= 4 is 38.8 Å². The van der Waals surface area contributed by atoms with Gasteiger partial charge in [0.1, 0.15) is 0 Å². The Kier molecular flexibility index (Phi) is 2.40. The molecule has 0 spiro atoms. The first-order valence-corrected chi connectivity index (χ1v) is 5.56. The van der Waals surface area contributed by atoms with E-state index in [9.17, 15) is 18.0 Å². The van der Waals surface area contributed by atoms with Crippen LogP contribution in [0.1, 0.15) is 16.1 Å². The van der Waals surface area contributed by atoms with Gasteiger partial charge in [-0.25, -0.2) is 0 Å². The average molecular weight is 288 g/mol. The third kappa shape index (κ3) is 1.88. The molecule has 1 N–H and O–H groups in total. The van der Waals surface area contributed by atoms with Crippen LogP contribution in [-0.2, 0) is 6.18 Å². The first-order chi connectivity index (χ1) is 8.86. The van der Waals surface area contributed by atoms with Gasteiger partial charge in [0.2, 0.25) is 0 Å². The molecule has 0 aliphatic carbocycles. The maximum Gasteiger partial charge on any atom is 0.416 e. The molecule has 19 heavy (non-hydrogen) atoms. The number of fused-ring (bicyclic) bond motifs is 3. The third-order valence-electron chi connectivity index (χ3n) is 2.79. The van der Waals surface area contributed by atoms with Crippen molar-refractivity contribution in [1.82, 2.24) is 4.98 Å². The predicted molar refractivity (Wildman–Crippen MR) is 63.3 cm³/mol. The topological polar surface area (TPSA) is 46.0 Å². The number of benzene rings is 1. The maximum atomic E-state index is 12.6. The average Bonchev–Trinajstić information content (AvgIpc) is 2.83. The summed E-state index contributed by atoms with van der Waals surface area (Å²) < 4.78 is 42.9. The molecule has 2 aromatic heterocycles. The van der Waals surface area contributed by atoms with Crippen molar-refractivity contribution in [2.24, 2.45) is 0 Å². The number of halogens is 4. The fourth-order valence-electron chi connectivity index (χ4n) is 1.95. The van der Waals surface area contributed by atoms with Crippen molar-refractivity contribution in [3.05, 3.63) is 35.6 Å². The number of aromatic amines is 1. The van der Waals surface area contributed by atoms with Gasteiger partial charge in [-0.05, 0) is 29.8 Å². The van der Waals surface area contributed by atoms with E-state index >= 15 is 0 Å². The van der Waals surface area contributed by atoms with Crippen LogP contribution in [0.15, 0.2) is 28.7 Å². The highest BCUT2D eigenvalue weighted by Crippen LogP contribution is 2.34. The molecule has 3 rings (SSSR count). The van der Waals surface area contributed by atoms with Crippen molar-refractivity contribution in [2.45, 2.75) is 6.18 Å². The predicted octanol–water partition coefficient (Wildman–Crippen LogP) is 4.31. The number of carbonyl (C=O) groups excluding carboxylic acids is 1. The molecule has 0 fully saturated rings. The molecule has 7 heteroatoms. The fourth-order valence-corrected chi connectivity index (χ4v) is 2.04. The van der Waals surface area contributed by atoms with Gasteiger partial charge in [-0.2, -0.15) is 13.2 Å². The quantitative estimate of drug-likeness (QED) is 0.678. The van der Waals surface area contributed by atoms with Crippen LogP contribution in [0.25, 0.3) is 22.0 Å². The number of nitrogens with one attached hydrogen (secondary N) is 1. The number of aromatic nitrogens is 1. The van der Waals surface area contributed by atoms with Gasteiger partial charge in [-0.15, -0.1) is 0 Å². The minimum atomic E-state index is -4.41. The standard InChI is InChI=1S/C12H5ClF3NO2/c13-11(18)9-4-8-10(19-9)6-2-1-5(12(14,15)16)3-7(6)17-8/h1-4,17H. The molecule has 2 heterocycles. The van der Waals surface area contributed by atoms with Crippen molar-refractivity contribution in [2.75, 3.05) is 0 Å². The highest BCUT2D eigenvalue weighted by atomic mass is 35.5. The Morgan fingerprint density at radius 2 is 1.95 bits per heavy atom. The normalized spacial score (nSPS) is 12.4. The van der Waals surface area contributed by atoms with Gasteiger partial charge in [-0.1, -0.05) is 0 Å². The fraction of sp³-hybridized carbons (Fsp3) is 0.0833. The monoisotopic (exact) mass is 287 g/mol. The van der Waals surface area contributed by atoms with Gasteiger partial charge in [0.15, 0.2) is 11.3 Å².